The van der Waals surface area contributed by atoms with Crippen LogP contribution in [-0.4, -0.2) is 30.8 Å². The largest absolute Gasteiger partial charge is 0.396 e. The Morgan fingerprint density at radius 2 is 2.09 bits per heavy atom. The molecule has 0 aromatic rings. The van der Waals surface area contributed by atoms with E-state index in [2.05, 4.69) is 0 Å². The van der Waals surface area contributed by atoms with Gasteiger partial charge >= 0.3 is 5.96 Å². The van der Waals surface area contributed by atoms with Crippen molar-refractivity contribution >= 4 is 5.96 Å². The molecule has 0 amide bonds. The van der Waals surface area contributed by atoms with E-state index in [1.54, 1.807) is 0 Å². The minimum Gasteiger partial charge on any atom is -0.396 e. The molecule has 4 heteroatoms. The number of aliphatic hydroxyl groups excluding tert-OH is 1. The third-order valence-corrected chi connectivity index (χ3v) is 2.21. The third kappa shape index (κ3) is 2.17. The van der Waals surface area contributed by atoms with Crippen LogP contribution in [-0.2, 0) is 0 Å². The average molecular weight is 157 g/mol. The Hall–Kier alpha value is -0.610. The van der Waals surface area contributed by atoms with Gasteiger partial charge in [-0.1, -0.05) is 0 Å². The highest BCUT2D eigenvalue weighted by atomic mass is 16.3. The van der Waals surface area contributed by atoms with Gasteiger partial charge < -0.3 is 10.8 Å². The molecule has 1 aliphatic heterocycles. The smallest absolute Gasteiger partial charge is 0.341 e. The molecule has 63 valence electrons. The number of likely N-dealkylation sites (tertiary alicyclic amines) is 1. The quantitative estimate of drug-likeness (QED) is 0.270. The molecule has 1 saturated heterocycles. The Morgan fingerprint density at radius 3 is 2.45 bits per heavy atom. The zero-order valence-electron chi connectivity index (χ0n) is 6.58. The predicted molar refractivity (Wildman–Crippen MR) is 43.6 cm³/mol. The fourth-order valence-electron chi connectivity index (χ4n) is 1.36. The fraction of sp³-hybridized carbons (Fsp3) is 0.857. The summed E-state index contributed by atoms with van der Waals surface area (Å²) in [6.07, 6.45) is 1.91. The van der Waals surface area contributed by atoms with Crippen molar-refractivity contribution in [1.29, 1.82) is 5.41 Å². The number of hydrogen-bond donors (Lipinski definition) is 3. The van der Waals surface area contributed by atoms with Gasteiger partial charge in [0.15, 0.2) is 0 Å². The maximum atomic E-state index is 8.81. The van der Waals surface area contributed by atoms with E-state index in [-0.39, 0.29) is 12.6 Å². The van der Waals surface area contributed by atoms with Crippen LogP contribution in [0.5, 0.6) is 0 Å². The normalized spacial score (nSPS) is 21.9. The summed E-state index contributed by atoms with van der Waals surface area (Å²) in [5.74, 6) is 0.576. The Balaban J connectivity index is 2.30. The number of hydrogen-bond acceptors (Lipinski definition) is 2. The topological polar surface area (TPSA) is 76.0 Å². The molecule has 0 bridgehead atoms. The first-order valence-electron chi connectivity index (χ1n) is 3.94. The van der Waals surface area contributed by atoms with Crippen molar-refractivity contribution in [2.45, 2.75) is 12.8 Å². The maximum absolute atomic E-state index is 8.81. The number of piperidine rings is 1. The lowest BCUT2D eigenvalue weighted by Gasteiger charge is -2.20. The van der Waals surface area contributed by atoms with Gasteiger partial charge in [-0.15, -0.1) is 4.90 Å². The van der Waals surface area contributed by atoms with Crippen LogP contribution in [0.25, 0.3) is 0 Å². The lowest BCUT2D eigenvalue weighted by atomic mass is 9.98. The first-order valence-corrected chi connectivity index (χ1v) is 3.94. The Kier molecular flexibility index (Phi) is 2.84. The van der Waals surface area contributed by atoms with Crippen LogP contribution in [0.3, 0.4) is 0 Å². The van der Waals surface area contributed by atoms with E-state index in [1.165, 1.54) is 0 Å². The van der Waals surface area contributed by atoms with Crippen LogP contribution in [0.2, 0.25) is 0 Å². The first kappa shape index (κ1) is 8.49. The highest BCUT2D eigenvalue weighted by Gasteiger charge is 2.27. The predicted octanol–water partition coefficient (Wildman–Crippen LogP) is -0.578. The Labute approximate surface area is 66.5 Å². The van der Waals surface area contributed by atoms with E-state index in [9.17, 15) is 0 Å². The first-order chi connectivity index (χ1) is 5.24. The van der Waals surface area contributed by atoms with Crippen LogP contribution < -0.4 is 10.6 Å². The van der Waals surface area contributed by atoms with Crippen molar-refractivity contribution in [3.8, 4) is 0 Å². The van der Waals surface area contributed by atoms with E-state index in [4.69, 9.17) is 16.2 Å². The highest BCUT2D eigenvalue weighted by molar-refractivity contribution is 5.77. The molecule has 0 aliphatic carbocycles. The maximum Gasteiger partial charge on any atom is 0.341 e. The lowest BCUT2D eigenvalue weighted by Crippen LogP contribution is -2.47. The molecule has 0 unspecified atom stereocenters. The minimum absolute atomic E-state index is 0.154. The summed E-state index contributed by atoms with van der Waals surface area (Å²) in [5, 5.41) is 16.0. The van der Waals surface area contributed by atoms with Crippen LogP contribution >= 0.6 is 0 Å². The molecular formula is C7H15N3O+. The van der Waals surface area contributed by atoms with Crippen molar-refractivity contribution in [3.05, 3.63) is 0 Å². The summed E-state index contributed by atoms with van der Waals surface area (Å²) in [6.45, 7) is 1.91. The molecule has 0 aromatic heterocycles. The molecule has 0 spiro atoms. The van der Waals surface area contributed by atoms with Crippen molar-refractivity contribution in [1.82, 2.24) is 4.90 Å². The van der Waals surface area contributed by atoms with E-state index in [0.29, 0.717) is 5.92 Å². The van der Waals surface area contributed by atoms with Gasteiger partial charge in [-0.3, -0.25) is 0 Å². The summed E-state index contributed by atoms with van der Waals surface area (Å²) >= 11 is 0. The molecular weight excluding hydrogens is 142 g/mol. The zero-order chi connectivity index (χ0) is 8.27. The van der Waals surface area contributed by atoms with Gasteiger partial charge in [0.05, 0.1) is 0 Å². The van der Waals surface area contributed by atoms with E-state index in [1.807, 2.05) is 4.90 Å². The van der Waals surface area contributed by atoms with Crippen molar-refractivity contribution in [3.63, 3.8) is 0 Å². The highest BCUT2D eigenvalue weighted by Crippen LogP contribution is 2.13. The van der Waals surface area contributed by atoms with Crippen LogP contribution in [0.15, 0.2) is 0 Å². The molecule has 11 heavy (non-hydrogen) atoms. The summed E-state index contributed by atoms with van der Waals surface area (Å²) in [6, 6.07) is 0. The van der Waals surface area contributed by atoms with E-state index < -0.39 is 0 Å². The van der Waals surface area contributed by atoms with E-state index in [0.717, 1.165) is 25.9 Å². The summed E-state index contributed by atoms with van der Waals surface area (Å²) in [4.78, 5) is 1.84. The second kappa shape index (κ2) is 3.69. The van der Waals surface area contributed by atoms with Gasteiger partial charge in [0.2, 0.25) is 0 Å². The van der Waals surface area contributed by atoms with Gasteiger partial charge in [0.1, 0.15) is 13.1 Å². The molecule has 4 nitrogen and oxygen atoms in total. The number of guanidine groups is 1. The van der Waals surface area contributed by atoms with Crippen LogP contribution in [0.4, 0.5) is 0 Å². The van der Waals surface area contributed by atoms with Crippen LogP contribution in [0, 0.1) is 11.3 Å². The molecule has 1 aliphatic rings. The molecule has 0 atom stereocenters. The Bertz CT molecular complexity index is 141. The molecule has 1 fully saturated rings. The van der Waals surface area contributed by atoms with Gasteiger partial charge in [-0.2, -0.15) is 0 Å². The SMILES string of the molecule is N=C(N)[N+]1CCC(CO)CC1. The second-order valence-electron chi connectivity index (χ2n) is 3.00. The van der Waals surface area contributed by atoms with Gasteiger partial charge in [0.25, 0.3) is 0 Å². The number of nitrogens with two attached hydrogens (primary N) is 1. The van der Waals surface area contributed by atoms with Crippen molar-refractivity contribution < 1.29 is 5.11 Å². The molecule has 4 N–H and O–H groups in total. The number of aliphatic hydroxyl groups is 1. The molecule has 1 heterocycles. The lowest BCUT2D eigenvalue weighted by molar-refractivity contribution is 0.186. The number of nitrogens with one attached hydrogen (secondary N) is 1. The van der Waals surface area contributed by atoms with Crippen molar-refractivity contribution in [2.75, 3.05) is 19.7 Å². The summed E-state index contributed by atoms with van der Waals surface area (Å²) in [7, 11) is 0. The third-order valence-electron chi connectivity index (χ3n) is 2.21. The molecule has 1 rings (SSSR count). The fourth-order valence-corrected chi connectivity index (χ4v) is 1.36. The zero-order valence-corrected chi connectivity index (χ0v) is 6.58. The Morgan fingerprint density at radius 1 is 1.55 bits per heavy atom. The van der Waals surface area contributed by atoms with E-state index >= 15 is 0 Å². The van der Waals surface area contributed by atoms with Gasteiger partial charge in [-0.05, 0) is 5.92 Å². The molecule has 1 radical (unpaired) electrons. The summed E-state index contributed by atoms with van der Waals surface area (Å²) < 4.78 is 0. The average Bonchev–Trinajstić information content (AvgIpc) is 2.05. The van der Waals surface area contributed by atoms with Crippen LogP contribution in [0.1, 0.15) is 12.8 Å². The standard InChI is InChI=1S/C7H15N3O/c8-7(9)10-3-1-6(5-11)2-4-10/h6,11H,1-5H2,(H3,8,9)/q+1. The molecule has 0 aromatic carbocycles. The second-order valence-corrected chi connectivity index (χ2v) is 3.00. The van der Waals surface area contributed by atoms with Crippen molar-refractivity contribution in [2.24, 2.45) is 11.7 Å². The summed E-state index contributed by atoms with van der Waals surface area (Å²) in [5.41, 5.74) is 5.30. The number of rotatable bonds is 1. The minimum atomic E-state index is 0.154. The van der Waals surface area contributed by atoms with Gasteiger partial charge in [0, 0.05) is 19.4 Å². The molecule has 0 saturated carbocycles. The van der Waals surface area contributed by atoms with Gasteiger partial charge in [-0.25, -0.2) is 5.41 Å². The number of nitrogens with zero attached hydrogens (tertiary/aromatic N) is 1. The monoisotopic (exact) mass is 157 g/mol.